The predicted molar refractivity (Wildman–Crippen MR) is 24.3 cm³/mol. The summed E-state index contributed by atoms with van der Waals surface area (Å²) in [5, 5.41) is 2.18. The molecule has 0 heterocycles. The van der Waals surface area contributed by atoms with Crippen molar-refractivity contribution in [2.45, 2.75) is 0 Å². The Kier molecular flexibility index (Phi) is 3.47. The van der Waals surface area contributed by atoms with Crippen LogP contribution in [0.5, 0.6) is 0 Å². The molecule has 1 radical (unpaired) electrons. The van der Waals surface area contributed by atoms with Crippen LogP contribution in [0.25, 0.3) is 0 Å². The van der Waals surface area contributed by atoms with Crippen LogP contribution in [0.4, 0.5) is 0 Å². The number of halogens is 1. The summed E-state index contributed by atoms with van der Waals surface area (Å²) in [5.41, 5.74) is 0. The standard InChI is InChI=1S/C2BrS/c3-1-2-4. The van der Waals surface area contributed by atoms with Crippen molar-refractivity contribution in [2.24, 2.45) is 0 Å². The van der Waals surface area contributed by atoms with E-state index >= 15 is 0 Å². The van der Waals surface area contributed by atoms with Gasteiger partial charge in [0.15, 0.2) is 0 Å². The maximum absolute atomic E-state index is 4.15. The highest BCUT2D eigenvalue weighted by Gasteiger charge is 1.33. The Morgan fingerprint density at radius 3 is 2.00 bits per heavy atom. The molecule has 0 bridgehead atoms. The molecule has 0 aliphatic carbocycles. The third-order valence-electron chi connectivity index (χ3n) is 0.0386. The van der Waals surface area contributed by atoms with Gasteiger partial charge in [0.2, 0.25) is 0 Å². The third-order valence-corrected chi connectivity index (χ3v) is 0.601. The summed E-state index contributed by atoms with van der Waals surface area (Å²) in [6.45, 7) is 0. The monoisotopic (exact) mass is 135 g/mol. The fraction of sp³-hybridized carbons (Fsp3) is 0. The molecule has 0 saturated heterocycles. The Labute approximate surface area is 39.1 Å². The third kappa shape index (κ3) is 2.26. The Hall–Kier alpha value is 0.260. The molecule has 0 nitrogen and oxygen atoms in total. The highest BCUT2D eigenvalue weighted by molar-refractivity contribution is 9.12. The van der Waals surface area contributed by atoms with Crippen molar-refractivity contribution in [3.8, 4) is 10.1 Å². The van der Waals surface area contributed by atoms with Crippen LogP contribution in [0.15, 0.2) is 0 Å². The van der Waals surface area contributed by atoms with Crippen molar-refractivity contribution in [3.63, 3.8) is 0 Å². The normalized spacial score (nSPS) is 3.25. The van der Waals surface area contributed by atoms with E-state index in [1.807, 2.05) is 0 Å². The topological polar surface area (TPSA) is 0 Å². The molecule has 0 fully saturated rings. The first-order valence-corrected chi connectivity index (χ1v) is 1.84. The van der Waals surface area contributed by atoms with Gasteiger partial charge in [0, 0.05) is 21.2 Å². The molecule has 0 aromatic carbocycles. The van der Waals surface area contributed by atoms with Crippen molar-refractivity contribution in [3.05, 3.63) is 0 Å². The van der Waals surface area contributed by atoms with Crippen LogP contribution in [0.3, 0.4) is 0 Å². The summed E-state index contributed by atoms with van der Waals surface area (Å²) in [6, 6.07) is 0. The maximum Gasteiger partial charge on any atom is 0.0131 e. The van der Waals surface area contributed by atoms with E-state index in [2.05, 4.69) is 38.6 Å². The quantitative estimate of drug-likeness (QED) is 0.442. The van der Waals surface area contributed by atoms with Gasteiger partial charge in [-0.05, 0) is 17.5 Å². The minimum Gasteiger partial charge on any atom is -0.0177 e. The second-order valence-electron chi connectivity index (χ2n) is 0.197. The van der Waals surface area contributed by atoms with Gasteiger partial charge >= 0.3 is 0 Å². The lowest BCUT2D eigenvalue weighted by atomic mass is 11.4. The summed E-state index contributed by atoms with van der Waals surface area (Å²) in [5.74, 6) is 0. The lowest BCUT2D eigenvalue weighted by Crippen LogP contribution is -1.11. The maximum atomic E-state index is 4.15. The molecule has 0 aliphatic heterocycles. The van der Waals surface area contributed by atoms with Gasteiger partial charge in [-0.3, -0.25) is 0 Å². The molecule has 0 rings (SSSR count). The fourth-order valence-electron chi connectivity index (χ4n) is 0. The Morgan fingerprint density at radius 1 is 1.75 bits per heavy atom. The van der Waals surface area contributed by atoms with Gasteiger partial charge in [-0.2, -0.15) is 0 Å². The molecule has 2 heteroatoms. The van der Waals surface area contributed by atoms with Crippen molar-refractivity contribution in [1.82, 2.24) is 0 Å². The van der Waals surface area contributed by atoms with Gasteiger partial charge in [0.1, 0.15) is 0 Å². The molecule has 0 aliphatic rings. The first-order chi connectivity index (χ1) is 1.91. The molecule has 0 aromatic heterocycles. The van der Waals surface area contributed by atoms with Gasteiger partial charge in [-0.15, -0.1) is 0 Å². The van der Waals surface area contributed by atoms with E-state index in [4.69, 9.17) is 0 Å². The van der Waals surface area contributed by atoms with Crippen LogP contribution >= 0.6 is 28.6 Å². The molecular weight excluding hydrogens is 136 g/mol. The lowest BCUT2D eigenvalue weighted by molar-refractivity contribution is 3.11. The Morgan fingerprint density at radius 2 is 2.00 bits per heavy atom. The van der Waals surface area contributed by atoms with Crippen molar-refractivity contribution < 1.29 is 0 Å². The van der Waals surface area contributed by atoms with E-state index in [0.717, 1.165) is 0 Å². The lowest BCUT2D eigenvalue weighted by Gasteiger charge is -1.33. The zero-order valence-electron chi connectivity index (χ0n) is 1.79. The van der Waals surface area contributed by atoms with Crippen LogP contribution < -0.4 is 0 Å². The fourth-order valence-corrected chi connectivity index (χ4v) is 0. The van der Waals surface area contributed by atoms with Gasteiger partial charge in [-0.25, -0.2) is 0 Å². The van der Waals surface area contributed by atoms with Gasteiger partial charge in [0.05, 0.1) is 0 Å². The van der Waals surface area contributed by atoms with Crippen molar-refractivity contribution in [2.75, 3.05) is 0 Å². The van der Waals surface area contributed by atoms with E-state index in [1.165, 1.54) is 0 Å². The SMILES string of the molecule is [S]C#CBr. The second-order valence-corrected chi connectivity index (χ2v) is 0.797. The molecule has 0 atom stereocenters. The highest BCUT2D eigenvalue weighted by atomic mass is 79.9. The van der Waals surface area contributed by atoms with Gasteiger partial charge in [-0.1, -0.05) is 0 Å². The number of rotatable bonds is 0. The molecule has 0 saturated carbocycles. The van der Waals surface area contributed by atoms with Crippen LogP contribution in [0.1, 0.15) is 0 Å². The molecule has 0 N–H and O–H groups in total. The first-order valence-electron chi connectivity index (χ1n) is 0.643. The van der Waals surface area contributed by atoms with E-state index in [1.54, 1.807) is 0 Å². The van der Waals surface area contributed by atoms with Crippen LogP contribution in [-0.2, 0) is 0 Å². The molecule has 4 heavy (non-hydrogen) atoms. The first kappa shape index (κ1) is 4.26. The zero-order valence-corrected chi connectivity index (χ0v) is 4.19. The summed E-state index contributed by atoms with van der Waals surface area (Å²) in [7, 11) is 0. The molecule has 0 unspecified atom stereocenters. The minimum atomic E-state index is 2.18. The zero-order chi connectivity index (χ0) is 3.41. The molecule has 0 spiro atoms. The van der Waals surface area contributed by atoms with E-state index in [-0.39, 0.29) is 0 Å². The minimum absolute atomic E-state index is 2.18. The summed E-state index contributed by atoms with van der Waals surface area (Å²) in [6.07, 6.45) is 0. The largest absolute Gasteiger partial charge is 0.0177 e. The Balaban J connectivity index is 2.83. The second kappa shape index (κ2) is 3.26. The molecule has 21 valence electrons. The van der Waals surface area contributed by atoms with Crippen LogP contribution in [0.2, 0.25) is 0 Å². The Bertz CT molecular complexity index is 42.8. The average molecular weight is 136 g/mol. The van der Waals surface area contributed by atoms with Crippen LogP contribution in [-0.4, -0.2) is 0 Å². The van der Waals surface area contributed by atoms with Gasteiger partial charge in [0.25, 0.3) is 0 Å². The summed E-state index contributed by atoms with van der Waals surface area (Å²) >= 11 is 6.93. The average Bonchev–Trinajstić information content (AvgIpc) is 1.37. The molecule has 0 amide bonds. The number of hydrogen-bond donors (Lipinski definition) is 0. The van der Waals surface area contributed by atoms with Crippen LogP contribution in [0, 0.1) is 10.1 Å². The molecular formula is C2BrS. The summed E-state index contributed by atoms with van der Waals surface area (Å²) in [4.78, 5) is 2.31. The van der Waals surface area contributed by atoms with Gasteiger partial charge < -0.3 is 0 Å². The van der Waals surface area contributed by atoms with E-state index in [0.29, 0.717) is 0 Å². The van der Waals surface area contributed by atoms with E-state index in [9.17, 15) is 0 Å². The molecule has 0 aromatic rings. The van der Waals surface area contributed by atoms with E-state index < -0.39 is 0 Å². The predicted octanol–water partition coefficient (Wildman–Crippen LogP) is 1.50. The smallest absolute Gasteiger partial charge is 0.0131 e. The highest BCUT2D eigenvalue weighted by Crippen LogP contribution is 1.68. The van der Waals surface area contributed by atoms with Crippen molar-refractivity contribution in [1.29, 1.82) is 0 Å². The van der Waals surface area contributed by atoms with Crippen molar-refractivity contribution >= 4 is 28.6 Å². The summed E-state index contributed by atoms with van der Waals surface area (Å²) < 4.78 is 0. The number of hydrogen-bond acceptors (Lipinski definition) is 0.